The molecule has 0 radical (unpaired) electrons. The summed E-state index contributed by atoms with van der Waals surface area (Å²) in [7, 11) is 0. The van der Waals surface area contributed by atoms with Crippen LogP contribution >= 0.6 is 0 Å². The second-order valence-corrected chi connectivity index (χ2v) is 5.42. The minimum atomic E-state index is 0.0733. The molecule has 3 rings (SSSR count). The Morgan fingerprint density at radius 1 is 1.05 bits per heavy atom. The molecule has 0 saturated heterocycles. The molecule has 1 aromatic carbocycles. The SMILES string of the molecule is O=c1n(CCC2CCCC2)ccn1-c1ccccc1. The second kappa shape index (κ2) is 5.47. The van der Waals surface area contributed by atoms with Crippen molar-refractivity contribution in [1.82, 2.24) is 9.13 Å². The standard InChI is InChI=1S/C16H20N2O/c19-16-17(11-10-14-6-4-5-7-14)12-13-18(16)15-8-2-1-3-9-15/h1-3,8-9,12-14H,4-7,10-11H2. The van der Waals surface area contributed by atoms with Crippen molar-refractivity contribution in [2.75, 3.05) is 0 Å². The minimum absolute atomic E-state index is 0.0733. The van der Waals surface area contributed by atoms with Gasteiger partial charge in [-0.3, -0.25) is 9.13 Å². The minimum Gasteiger partial charge on any atom is -0.299 e. The van der Waals surface area contributed by atoms with E-state index in [2.05, 4.69) is 0 Å². The Morgan fingerprint density at radius 2 is 1.79 bits per heavy atom. The van der Waals surface area contributed by atoms with Crippen LogP contribution in [0.1, 0.15) is 32.1 Å². The number of aryl methyl sites for hydroxylation is 1. The molecule has 1 heterocycles. The van der Waals surface area contributed by atoms with Crippen LogP contribution in [0.15, 0.2) is 47.5 Å². The molecule has 0 amide bonds. The number of benzene rings is 1. The van der Waals surface area contributed by atoms with Crippen LogP contribution in [0.4, 0.5) is 0 Å². The lowest BCUT2D eigenvalue weighted by Crippen LogP contribution is -2.23. The van der Waals surface area contributed by atoms with E-state index in [4.69, 9.17) is 0 Å². The smallest absolute Gasteiger partial charge is 0.299 e. The lowest BCUT2D eigenvalue weighted by Gasteiger charge is -2.08. The van der Waals surface area contributed by atoms with Crippen LogP contribution < -0.4 is 5.69 Å². The fraction of sp³-hybridized carbons (Fsp3) is 0.438. The van der Waals surface area contributed by atoms with Gasteiger partial charge in [-0.1, -0.05) is 43.9 Å². The molecule has 0 bridgehead atoms. The number of nitrogens with zero attached hydrogens (tertiary/aromatic N) is 2. The van der Waals surface area contributed by atoms with Gasteiger partial charge in [0.2, 0.25) is 0 Å². The summed E-state index contributed by atoms with van der Waals surface area (Å²) in [5, 5.41) is 0. The maximum atomic E-state index is 12.3. The summed E-state index contributed by atoms with van der Waals surface area (Å²) < 4.78 is 3.56. The molecule has 0 N–H and O–H groups in total. The third-order valence-corrected chi connectivity index (χ3v) is 4.13. The first-order chi connectivity index (χ1) is 9.34. The first kappa shape index (κ1) is 12.3. The van der Waals surface area contributed by atoms with Gasteiger partial charge in [0.1, 0.15) is 0 Å². The number of rotatable bonds is 4. The number of hydrogen-bond acceptors (Lipinski definition) is 1. The van der Waals surface area contributed by atoms with E-state index in [-0.39, 0.29) is 5.69 Å². The third-order valence-electron chi connectivity index (χ3n) is 4.13. The van der Waals surface area contributed by atoms with Gasteiger partial charge in [-0.25, -0.2) is 4.79 Å². The zero-order valence-electron chi connectivity index (χ0n) is 11.2. The van der Waals surface area contributed by atoms with Crippen molar-refractivity contribution < 1.29 is 0 Å². The molecule has 2 aromatic rings. The Morgan fingerprint density at radius 3 is 2.53 bits per heavy atom. The molecule has 100 valence electrons. The summed E-state index contributed by atoms with van der Waals surface area (Å²) in [5.74, 6) is 0.826. The van der Waals surface area contributed by atoms with Crippen molar-refractivity contribution in [1.29, 1.82) is 0 Å². The molecule has 1 fully saturated rings. The van der Waals surface area contributed by atoms with E-state index in [0.29, 0.717) is 0 Å². The number of aromatic nitrogens is 2. The van der Waals surface area contributed by atoms with Gasteiger partial charge >= 0.3 is 5.69 Å². The van der Waals surface area contributed by atoms with Crippen LogP contribution in [-0.2, 0) is 6.54 Å². The van der Waals surface area contributed by atoms with Crippen LogP contribution in [-0.4, -0.2) is 9.13 Å². The Labute approximate surface area is 113 Å². The highest BCUT2D eigenvalue weighted by molar-refractivity contribution is 5.30. The van der Waals surface area contributed by atoms with E-state index in [0.717, 1.165) is 24.6 Å². The van der Waals surface area contributed by atoms with E-state index >= 15 is 0 Å². The van der Waals surface area contributed by atoms with Crippen molar-refractivity contribution in [3.8, 4) is 5.69 Å². The largest absolute Gasteiger partial charge is 0.332 e. The summed E-state index contributed by atoms with van der Waals surface area (Å²) in [4.78, 5) is 12.3. The average molecular weight is 256 g/mol. The third kappa shape index (κ3) is 2.65. The molecule has 1 saturated carbocycles. The predicted octanol–water partition coefficient (Wildman–Crippen LogP) is 3.22. The van der Waals surface area contributed by atoms with E-state index in [1.165, 1.54) is 25.7 Å². The van der Waals surface area contributed by atoms with Gasteiger partial charge in [0.05, 0.1) is 5.69 Å². The van der Waals surface area contributed by atoms with Crippen molar-refractivity contribution in [3.63, 3.8) is 0 Å². The normalized spacial score (nSPS) is 16.0. The summed E-state index contributed by atoms with van der Waals surface area (Å²) in [6, 6.07) is 9.80. The molecule has 19 heavy (non-hydrogen) atoms. The topological polar surface area (TPSA) is 26.9 Å². The Bertz CT molecular complexity index is 576. The Hall–Kier alpha value is -1.77. The van der Waals surface area contributed by atoms with Gasteiger partial charge in [-0.05, 0) is 24.5 Å². The average Bonchev–Trinajstić information content (AvgIpc) is 3.07. The van der Waals surface area contributed by atoms with Gasteiger partial charge in [0, 0.05) is 18.9 Å². The molecular formula is C16H20N2O. The van der Waals surface area contributed by atoms with Crippen molar-refractivity contribution >= 4 is 0 Å². The van der Waals surface area contributed by atoms with Crippen LogP contribution in [0.3, 0.4) is 0 Å². The zero-order chi connectivity index (χ0) is 13.1. The molecule has 1 aliphatic rings. The van der Waals surface area contributed by atoms with Crippen LogP contribution in [0.2, 0.25) is 0 Å². The summed E-state index contributed by atoms with van der Waals surface area (Å²) in [6.45, 7) is 0.851. The van der Waals surface area contributed by atoms with E-state index in [1.807, 2.05) is 47.3 Å². The molecule has 0 aliphatic heterocycles. The molecule has 1 aromatic heterocycles. The van der Waals surface area contributed by atoms with Crippen LogP contribution in [0.25, 0.3) is 5.69 Å². The first-order valence-corrected chi connectivity index (χ1v) is 7.18. The van der Waals surface area contributed by atoms with Gasteiger partial charge < -0.3 is 0 Å². The highest BCUT2D eigenvalue weighted by Gasteiger charge is 2.15. The van der Waals surface area contributed by atoms with Gasteiger partial charge in [-0.2, -0.15) is 0 Å². The van der Waals surface area contributed by atoms with Gasteiger partial charge in [0.25, 0.3) is 0 Å². The number of para-hydroxylation sites is 1. The number of imidazole rings is 1. The quantitative estimate of drug-likeness (QED) is 0.825. The maximum Gasteiger partial charge on any atom is 0.332 e. The lowest BCUT2D eigenvalue weighted by atomic mass is 10.0. The fourth-order valence-corrected chi connectivity index (χ4v) is 2.99. The van der Waals surface area contributed by atoms with E-state index in [9.17, 15) is 4.79 Å². The van der Waals surface area contributed by atoms with Crippen molar-refractivity contribution in [3.05, 3.63) is 53.2 Å². The molecule has 3 nitrogen and oxygen atoms in total. The highest BCUT2D eigenvalue weighted by atomic mass is 16.1. The van der Waals surface area contributed by atoms with Crippen LogP contribution in [0.5, 0.6) is 0 Å². The molecule has 1 aliphatic carbocycles. The zero-order valence-corrected chi connectivity index (χ0v) is 11.2. The molecule has 0 spiro atoms. The van der Waals surface area contributed by atoms with E-state index in [1.54, 1.807) is 4.57 Å². The van der Waals surface area contributed by atoms with Crippen molar-refractivity contribution in [2.45, 2.75) is 38.6 Å². The predicted molar refractivity (Wildman–Crippen MR) is 76.6 cm³/mol. The molecular weight excluding hydrogens is 236 g/mol. The molecule has 0 unspecified atom stereocenters. The monoisotopic (exact) mass is 256 g/mol. The number of hydrogen-bond donors (Lipinski definition) is 0. The molecule has 3 heteroatoms. The van der Waals surface area contributed by atoms with Gasteiger partial charge in [0.15, 0.2) is 0 Å². The molecule has 0 atom stereocenters. The summed E-state index contributed by atoms with van der Waals surface area (Å²) in [6.07, 6.45) is 10.3. The first-order valence-electron chi connectivity index (χ1n) is 7.18. The fourth-order valence-electron chi connectivity index (χ4n) is 2.99. The van der Waals surface area contributed by atoms with E-state index < -0.39 is 0 Å². The lowest BCUT2D eigenvalue weighted by molar-refractivity contribution is 0.452. The Kier molecular flexibility index (Phi) is 3.53. The maximum absolute atomic E-state index is 12.3. The summed E-state index contributed by atoms with van der Waals surface area (Å²) >= 11 is 0. The van der Waals surface area contributed by atoms with Crippen molar-refractivity contribution in [2.24, 2.45) is 5.92 Å². The summed E-state index contributed by atoms with van der Waals surface area (Å²) in [5.41, 5.74) is 1.01. The second-order valence-electron chi connectivity index (χ2n) is 5.42. The van der Waals surface area contributed by atoms with Gasteiger partial charge in [-0.15, -0.1) is 0 Å². The Balaban J connectivity index is 1.74. The highest BCUT2D eigenvalue weighted by Crippen LogP contribution is 2.27. The van der Waals surface area contributed by atoms with Crippen LogP contribution in [0, 0.1) is 5.92 Å².